The molecule has 3 aliphatic heterocycles. The van der Waals surface area contributed by atoms with Gasteiger partial charge in [-0.05, 0) is 50.2 Å². The molecule has 0 bridgehead atoms. The number of hydrogen-bond acceptors (Lipinski definition) is 10. The van der Waals surface area contributed by atoms with Crippen molar-refractivity contribution < 1.29 is 36.7 Å². The van der Waals surface area contributed by atoms with Crippen molar-refractivity contribution in [3.8, 4) is 0 Å². The first-order chi connectivity index (χ1) is 25.1. The SMILES string of the molecule is CC(C)(C)c1csc(NC2CCCCC/C=C\C3CC3(C(=O)NS(=O)(=O)C3CC3)NC(=O)C3CC(OC(=O)N4Cc5cccc(F)c5C4)CN3C2=O)n1. The predicted octanol–water partition coefficient (Wildman–Crippen LogP) is 4.49. The topological polar surface area (TPSA) is 167 Å². The minimum absolute atomic E-state index is 0.0345. The van der Waals surface area contributed by atoms with Crippen molar-refractivity contribution in [3.63, 3.8) is 0 Å². The first-order valence-corrected chi connectivity index (χ1v) is 20.9. The molecule has 2 saturated carbocycles. The Kier molecular flexibility index (Phi) is 10.1. The zero-order valence-electron chi connectivity index (χ0n) is 30.2. The van der Waals surface area contributed by atoms with Gasteiger partial charge in [0.2, 0.25) is 21.8 Å². The third-order valence-corrected chi connectivity index (χ3v) is 13.5. The minimum atomic E-state index is -3.89. The molecule has 13 nitrogen and oxygen atoms in total. The molecule has 5 unspecified atom stereocenters. The van der Waals surface area contributed by atoms with E-state index in [1.807, 2.05) is 17.5 Å². The van der Waals surface area contributed by atoms with Gasteiger partial charge in [0.25, 0.3) is 5.91 Å². The average molecular weight is 771 g/mol. The highest BCUT2D eigenvalue weighted by atomic mass is 32.2. The molecule has 4 heterocycles. The van der Waals surface area contributed by atoms with Crippen LogP contribution in [0.1, 0.15) is 95.4 Å². The molecule has 5 aliphatic rings. The Hall–Kier alpha value is -4.05. The van der Waals surface area contributed by atoms with Crippen molar-refractivity contribution in [3.05, 3.63) is 58.4 Å². The normalized spacial score (nSPS) is 28.5. The lowest BCUT2D eigenvalue weighted by Gasteiger charge is -2.30. The number of fused-ring (bicyclic) bond motifs is 3. The van der Waals surface area contributed by atoms with Crippen LogP contribution < -0.4 is 15.4 Å². The summed E-state index contributed by atoms with van der Waals surface area (Å²) in [5.41, 5.74) is 0.272. The van der Waals surface area contributed by atoms with Crippen molar-refractivity contribution in [2.45, 2.75) is 126 Å². The lowest BCUT2D eigenvalue weighted by molar-refractivity contribution is -0.140. The van der Waals surface area contributed by atoms with Crippen molar-refractivity contribution in [1.82, 2.24) is 24.8 Å². The zero-order chi connectivity index (χ0) is 37.7. The molecule has 5 atom stereocenters. The Morgan fingerprint density at radius 3 is 2.62 bits per heavy atom. The van der Waals surface area contributed by atoms with Crippen LogP contribution in [0.25, 0.3) is 0 Å². The highest BCUT2D eigenvalue weighted by molar-refractivity contribution is 7.91. The number of sulfonamides is 1. The summed E-state index contributed by atoms with van der Waals surface area (Å²) in [6.45, 7) is 6.28. The number of anilines is 1. The van der Waals surface area contributed by atoms with E-state index >= 15 is 0 Å². The van der Waals surface area contributed by atoms with E-state index in [2.05, 4.69) is 36.1 Å². The fourth-order valence-corrected chi connectivity index (χ4v) is 9.76. The molecule has 3 fully saturated rings. The fourth-order valence-electron chi connectivity index (χ4n) is 7.41. The Labute approximate surface area is 313 Å². The molecular formula is C37H47FN6O7S2. The van der Waals surface area contributed by atoms with Gasteiger partial charge in [-0.25, -0.2) is 22.6 Å². The maximum absolute atomic E-state index is 14.6. The highest BCUT2D eigenvalue weighted by Gasteiger charge is 2.62. The monoisotopic (exact) mass is 770 g/mol. The summed E-state index contributed by atoms with van der Waals surface area (Å²) in [5, 5.41) is 8.09. The fraction of sp³-hybridized carbons (Fsp3) is 0.595. The van der Waals surface area contributed by atoms with Gasteiger partial charge in [-0.15, -0.1) is 11.3 Å². The lowest BCUT2D eigenvalue weighted by Crippen LogP contribution is -2.57. The van der Waals surface area contributed by atoms with Crippen LogP contribution >= 0.6 is 11.3 Å². The Morgan fingerprint density at radius 2 is 1.91 bits per heavy atom. The first kappa shape index (κ1) is 37.3. The molecule has 7 rings (SSSR count). The number of amides is 4. The number of halogens is 1. The van der Waals surface area contributed by atoms with Gasteiger partial charge >= 0.3 is 6.09 Å². The van der Waals surface area contributed by atoms with E-state index < -0.39 is 68.6 Å². The zero-order valence-corrected chi connectivity index (χ0v) is 31.9. The van der Waals surface area contributed by atoms with E-state index in [4.69, 9.17) is 9.72 Å². The number of nitrogens with one attached hydrogen (secondary N) is 3. The van der Waals surface area contributed by atoms with Crippen LogP contribution in [0.5, 0.6) is 0 Å². The highest BCUT2D eigenvalue weighted by Crippen LogP contribution is 2.46. The Morgan fingerprint density at radius 1 is 1.11 bits per heavy atom. The second-order valence-corrected chi connectivity index (χ2v) is 18.8. The van der Waals surface area contributed by atoms with Crippen LogP contribution in [0.15, 0.2) is 35.7 Å². The van der Waals surface area contributed by atoms with Crippen LogP contribution in [0.4, 0.5) is 14.3 Å². The quantitative estimate of drug-likeness (QED) is 0.359. The molecule has 4 amide bonds. The van der Waals surface area contributed by atoms with Crippen molar-refractivity contribution in [2.24, 2.45) is 5.92 Å². The van der Waals surface area contributed by atoms with Gasteiger partial charge in [-0.1, -0.05) is 57.9 Å². The number of nitrogens with zero attached hydrogens (tertiary/aromatic N) is 3. The summed E-state index contributed by atoms with van der Waals surface area (Å²) >= 11 is 1.40. The number of thiazole rings is 1. The number of hydrogen-bond donors (Lipinski definition) is 3. The number of ether oxygens (including phenoxy) is 1. The van der Waals surface area contributed by atoms with Crippen molar-refractivity contribution in [2.75, 3.05) is 11.9 Å². The summed E-state index contributed by atoms with van der Waals surface area (Å²) in [4.78, 5) is 63.5. The number of rotatable bonds is 6. The van der Waals surface area contributed by atoms with Gasteiger partial charge in [0.1, 0.15) is 29.5 Å². The van der Waals surface area contributed by atoms with E-state index in [-0.39, 0.29) is 43.8 Å². The molecule has 3 N–H and O–H groups in total. The van der Waals surface area contributed by atoms with E-state index in [0.717, 1.165) is 31.4 Å². The summed E-state index contributed by atoms with van der Waals surface area (Å²) in [7, 11) is -3.89. The van der Waals surface area contributed by atoms with Gasteiger partial charge in [0, 0.05) is 35.2 Å². The van der Waals surface area contributed by atoms with E-state index in [1.165, 1.54) is 27.2 Å². The second kappa shape index (κ2) is 14.3. The predicted molar refractivity (Wildman–Crippen MR) is 196 cm³/mol. The summed E-state index contributed by atoms with van der Waals surface area (Å²) in [6, 6.07) is 2.81. The standard InChI is InChI=1S/C37H47FN6O7S2/c1-36(2,3)30-21-52-34(40-30)39-28-13-8-6-4-5-7-11-23-17-37(23,33(47)42-53(49,50)25-14-15-25)41-31(45)29-16-24(19-44(29)32(28)46)51-35(48)43-18-22-10-9-12-27(38)26(22)20-43/h7,9-12,21,23-25,28-29H,4-6,8,13-20H2,1-3H3,(H,39,40)(H,41,45)(H,42,47)/b11-7-. The maximum atomic E-state index is 14.6. The molecule has 1 saturated heterocycles. The Balaban J connectivity index is 1.15. The van der Waals surface area contributed by atoms with E-state index in [9.17, 15) is 32.0 Å². The molecule has 16 heteroatoms. The third kappa shape index (κ3) is 7.94. The molecule has 286 valence electrons. The number of carbonyl (C=O) groups is 4. The average Bonchev–Trinajstić information content (AvgIpc) is 3.88. The minimum Gasteiger partial charge on any atom is -0.444 e. The molecule has 0 radical (unpaired) electrons. The lowest BCUT2D eigenvalue weighted by atomic mass is 9.93. The molecular weight excluding hydrogens is 724 g/mol. The van der Waals surface area contributed by atoms with E-state index in [1.54, 1.807) is 12.1 Å². The van der Waals surface area contributed by atoms with Gasteiger partial charge in [0.15, 0.2) is 5.13 Å². The van der Waals surface area contributed by atoms with Crippen molar-refractivity contribution in [1.29, 1.82) is 0 Å². The molecule has 1 aromatic carbocycles. The molecule has 2 aliphatic carbocycles. The molecule has 0 spiro atoms. The largest absolute Gasteiger partial charge is 0.444 e. The van der Waals surface area contributed by atoms with Crippen LogP contribution in [0.2, 0.25) is 0 Å². The van der Waals surface area contributed by atoms with Gasteiger partial charge in [0.05, 0.1) is 24.0 Å². The smallest absolute Gasteiger partial charge is 0.410 e. The summed E-state index contributed by atoms with van der Waals surface area (Å²) in [5.74, 6) is -2.65. The molecule has 1 aromatic heterocycles. The van der Waals surface area contributed by atoms with Crippen LogP contribution in [0, 0.1) is 11.7 Å². The van der Waals surface area contributed by atoms with Crippen molar-refractivity contribution >= 4 is 50.3 Å². The maximum Gasteiger partial charge on any atom is 0.410 e. The summed E-state index contributed by atoms with van der Waals surface area (Å²) in [6.07, 6.45) is 6.94. The second-order valence-electron chi connectivity index (χ2n) is 16.0. The van der Waals surface area contributed by atoms with Gasteiger partial charge in [-0.2, -0.15) is 0 Å². The van der Waals surface area contributed by atoms with Gasteiger partial charge < -0.3 is 20.3 Å². The first-order valence-electron chi connectivity index (χ1n) is 18.4. The number of benzene rings is 1. The number of carbonyl (C=O) groups excluding carboxylic acids is 4. The van der Waals surface area contributed by atoms with Crippen LogP contribution in [-0.2, 0) is 47.6 Å². The Bertz CT molecular complexity index is 1920. The third-order valence-electron chi connectivity index (χ3n) is 10.9. The number of allylic oxidation sites excluding steroid dienone is 1. The molecule has 2 aromatic rings. The van der Waals surface area contributed by atoms with E-state index in [0.29, 0.717) is 35.5 Å². The summed E-state index contributed by atoms with van der Waals surface area (Å²) < 4.78 is 48.2. The molecule has 53 heavy (non-hydrogen) atoms. The number of aromatic nitrogens is 1. The van der Waals surface area contributed by atoms with Gasteiger partial charge in [-0.3, -0.25) is 24.0 Å². The van der Waals surface area contributed by atoms with Crippen LogP contribution in [0.3, 0.4) is 0 Å². The van der Waals surface area contributed by atoms with Crippen LogP contribution in [-0.4, -0.2) is 82.5 Å².